The maximum absolute atomic E-state index is 5.28. The minimum absolute atomic E-state index is 0.670. The molecular weight excluding hydrogens is 370 g/mol. The van der Waals surface area contributed by atoms with Gasteiger partial charge in [0.2, 0.25) is 0 Å². The minimum atomic E-state index is 0.670. The maximum atomic E-state index is 5.28. The Hall–Kier alpha value is -0.0600. The molecule has 4 heteroatoms. The SMILES string of the molecule is COc1ccc(CN2CCCCCC2CBr)cc1Br. The van der Waals surface area contributed by atoms with Crippen molar-refractivity contribution in [2.24, 2.45) is 0 Å². The fraction of sp³-hybridized carbons (Fsp3) is 0.600. The summed E-state index contributed by atoms with van der Waals surface area (Å²) in [5.41, 5.74) is 1.35. The molecule has 1 aromatic carbocycles. The van der Waals surface area contributed by atoms with E-state index in [1.807, 2.05) is 6.07 Å². The van der Waals surface area contributed by atoms with E-state index in [2.05, 4.69) is 48.9 Å². The molecule has 1 heterocycles. The highest BCUT2D eigenvalue weighted by molar-refractivity contribution is 9.10. The number of halogens is 2. The first-order valence-corrected chi connectivity index (χ1v) is 8.78. The minimum Gasteiger partial charge on any atom is -0.496 e. The predicted molar refractivity (Wildman–Crippen MR) is 87.2 cm³/mol. The average molecular weight is 391 g/mol. The zero-order chi connectivity index (χ0) is 13.7. The lowest BCUT2D eigenvalue weighted by Crippen LogP contribution is -2.35. The Morgan fingerprint density at radius 3 is 2.84 bits per heavy atom. The van der Waals surface area contributed by atoms with Gasteiger partial charge >= 0.3 is 0 Å². The summed E-state index contributed by atoms with van der Waals surface area (Å²) in [5, 5.41) is 1.07. The van der Waals surface area contributed by atoms with Gasteiger partial charge in [-0.1, -0.05) is 34.8 Å². The number of hydrogen-bond acceptors (Lipinski definition) is 2. The molecular formula is C15H21Br2NO. The van der Waals surface area contributed by atoms with E-state index >= 15 is 0 Å². The predicted octanol–water partition coefficient (Wildman–Crippen LogP) is 4.60. The third-order valence-electron chi connectivity index (χ3n) is 3.78. The molecule has 1 aliphatic heterocycles. The van der Waals surface area contributed by atoms with Crippen molar-refractivity contribution in [1.82, 2.24) is 4.90 Å². The van der Waals surface area contributed by atoms with Gasteiger partial charge < -0.3 is 4.74 Å². The molecule has 2 nitrogen and oxygen atoms in total. The number of alkyl halides is 1. The molecule has 0 amide bonds. The fourth-order valence-electron chi connectivity index (χ4n) is 2.66. The van der Waals surface area contributed by atoms with Gasteiger partial charge in [0.05, 0.1) is 11.6 Å². The van der Waals surface area contributed by atoms with E-state index in [-0.39, 0.29) is 0 Å². The molecule has 1 aliphatic rings. The molecule has 19 heavy (non-hydrogen) atoms. The fourth-order valence-corrected chi connectivity index (χ4v) is 3.98. The zero-order valence-corrected chi connectivity index (χ0v) is 14.5. The van der Waals surface area contributed by atoms with Gasteiger partial charge in [-0.05, 0) is 53.0 Å². The Labute approximate surface area is 132 Å². The van der Waals surface area contributed by atoms with E-state index in [0.29, 0.717) is 6.04 Å². The van der Waals surface area contributed by atoms with Crippen LogP contribution in [0.3, 0.4) is 0 Å². The summed E-state index contributed by atoms with van der Waals surface area (Å²) >= 11 is 7.23. The lowest BCUT2D eigenvalue weighted by Gasteiger charge is -2.28. The third kappa shape index (κ3) is 4.20. The summed E-state index contributed by atoms with van der Waals surface area (Å²) in [6, 6.07) is 7.05. The summed E-state index contributed by atoms with van der Waals surface area (Å²) in [5.74, 6) is 0.900. The molecule has 106 valence electrons. The number of hydrogen-bond donors (Lipinski definition) is 0. The van der Waals surface area contributed by atoms with Crippen LogP contribution in [0, 0.1) is 0 Å². The molecule has 0 radical (unpaired) electrons. The molecule has 0 N–H and O–H groups in total. The Bertz CT molecular complexity index is 411. The second kappa shape index (κ2) is 7.65. The van der Waals surface area contributed by atoms with Gasteiger partial charge in [0, 0.05) is 17.9 Å². The van der Waals surface area contributed by atoms with E-state index in [4.69, 9.17) is 4.74 Å². The summed E-state index contributed by atoms with van der Waals surface area (Å²) in [7, 11) is 1.70. The molecule has 1 atom stereocenters. The monoisotopic (exact) mass is 389 g/mol. The molecule has 1 aromatic rings. The molecule has 1 saturated heterocycles. The lowest BCUT2D eigenvalue weighted by molar-refractivity contribution is 0.209. The smallest absolute Gasteiger partial charge is 0.133 e. The lowest BCUT2D eigenvalue weighted by atomic mass is 10.1. The Balaban J connectivity index is 2.07. The number of methoxy groups -OCH3 is 1. The van der Waals surface area contributed by atoms with Crippen molar-refractivity contribution in [3.05, 3.63) is 28.2 Å². The van der Waals surface area contributed by atoms with Crippen molar-refractivity contribution < 1.29 is 4.74 Å². The number of nitrogens with zero attached hydrogens (tertiary/aromatic N) is 1. The number of ether oxygens (including phenoxy) is 1. The van der Waals surface area contributed by atoms with Crippen LogP contribution < -0.4 is 4.74 Å². The van der Waals surface area contributed by atoms with Crippen molar-refractivity contribution in [2.75, 3.05) is 19.0 Å². The number of benzene rings is 1. The highest BCUT2D eigenvalue weighted by atomic mass is 79.9. The standard InChI is InChI=1S/C15H21Br2NO/c1-19-15-7-6-12(9-14(15)17)11-18-8-4-2-3-5-13(18)10-16/h6-7,9,13H,2-5,8,10-11H2,1H3. The van der Waals surface area contributed by atoms with Crippen molar-refractivity contribution >= 4 is 31.9 Å². The zero-order valence-electron chi connectivity index (χ0n) is 11.4. The summed E-state index contributed by atoms with van der Waals surface area (Å²) in [6.45, 7) is 2.23. The quantitative estimate of drug-likeness (QED) is 0.696. The van der Waals surface area contributed by atoms with Crippen LogP contribution in [0.1, 0.15) is 31.2 Å². The number of rotatable bonds is 4. The van der Waals surface area contributed by atoms with Crippen LogP contribution in [0.2, 0.25) is 0 Å². The second-order valence-corrected chi connectivity index (χ2v) is 6.60. The molecule has 0 saturated carbocycles. The van der Waals surface area contributed by atoms with Crippen LogP contribution in [-0.4, -0.2) is 29.9 Å². The summed E-state index contributed by atoms with van der Waals surface area (Å²) in [4.78, 5) is 2.61. The highest BCUT2D eigenvalue weighted by Crippen LogP contribution is 2.27. The van der Waals surface area contributed by atoms with Gasteiger partial charge in [-0.25, -0.2) is 0 Å². The van der Waals surface area contributed by atoms with Crippen LogP contribution in [-0.2, 0) is 6.54 Å². The number of likely N-dealkylation sites (tertiary alicyclic amines) is 1. The van der Waals surface area contributed by atoms with Crippen LogP contribution in [0.25, 0.3) is 0 Å². The van der Waals surface area contributed by atoms with Gasteiger partial charge in [0.25, 0.3) is 0 Å². The Morgan fingerprint density at radius 1 is 1.32 bits per heavy atom. The van der Waals surface area contributed by atoms with Crippen molar-refractivity contribution in [2.45, 2.75) is 38.3 Å². The van der Waals surface area contributed by atoms with Crippen LogP contribution in [0.15, 0.2) is 22.7 Å². The highest BCUT2D eigenvalue weighted by Gasteiger charge is 2.20. The molecule has 0 spiro atoms. The summed E-state index contributed by atoms with van der Waals surface area (Å²) < 4.78 is 6.32. The molecule has 2 rings (SSSR count). The second-order valence-electron chi connectivity index (χ2n) is 5.10. The van der Waals surface area contributed by atoms with Crippen molar-refractivity contribution in [3.8, 4) is 5.75 Å². The average Bonchev–Trinajstić information content (AvgIpc) is 2.64. The first-order chi connectivity index (χ1) is 9.24. The first kappa shape index (κ1) is 15.3. The molecule has 0 bridgehead atoms. The first-order valence-electron chi connectivity index (χ1n) is 6.87. The Kier molecular flexibility index (Phi) is 6.17. The molecule has 1 unspecified atom stereocenters. The summed E-state index contributed by atoms with van der Waals surface area (Å²) in [6.07, 6.45) is 5.36. The van der Waals surface area contributed by atoms with Gasteiger partial charge in [0.1, 0.15) is 5.75 Å². The topological polar surface area (TPSA) is 12.5 Å². The van der Waals surface area contributed by atoms with Crippen LogP contribution >= 0.6 is 31.9 Å². The van der Waals surface area contributed by atoms with Gasteiger partial charge in [-0.2, -0.15) is 0 Å². The maximum Gasteiger partial charge on any atom is 0.133 e. The van der Waals surface area contributed by atoms with E-state index in [9.17, 15) is 0 Å². The normalized spacial score (nSPS) is 21.1. The molecule has 0 aliphatic carbocycles. The molecule has 0 aromatic heterocycles. The van der Waals surface area contributed by atoms with Gasteiger partial charge in [-0.15, -0.1) is 0 Å². The largest absolute Gasteiger partial charge is 0.496 e. The van der Waals surface area contributed by atoms with E-state index < -0.39 is 0 Å². The third-order valence-corrected chi connectivity index (χ3v) is 5.15. The van der Waals surface area contributed by atoms with Gasteiger partial charge in [0.15, 0.2) is 0 Å². The van der Waals surface area contributed by atoms with E-state index in [1.165, 1.54) is 37.8 Å². The van der Waals surface area contributed by atoms with Crippen molar-refractivity contribution in [3.63, 3.8) is 0 Å². The van der Waals surface area contributed by atoms with Gasteiger partial charge in [-0.3, -0.25) is 4.90 Å². The van der Waals surface area contributed by atoms with Crippen LogP contribution in [0.5, 0.6) is 5.75 Å². The Morgan fingerprint density at radius 2 is 2.16 bits per heavy atom. The molecule has 1 fully saturated rings. The van der Waals surface area contributed by atoms with E-state index in [1.54, 1.807) is 7.11 Å². The van der Waals surface area contributed by atoms with Crippen molar-refractivity contribution in [1.29, 1.82) is 0 Å². The van der Waals surface area contributed by atoms with E-state index in [0.717, 1.165) is 22.1 Å². The van der Waals surface area contributed by atoms with Crippen LogP contribution in [0.4, 0.5) is 0 Å².